The summed E-state index contributed by atoms with van der Waals surface area (Å²) in [7, 11) is 0. The quantitative estimate of drug-likeness (QED) is 0.764. The Bertz CT molecular complexity index is 575. The maximum absolute atomic E-state index is 6.24. The summed E-state index contributed by atoms with van der Waals surface area (Å²) in [6, 6.07) is 5.89. The van der Waals surface area contributed by atoms with Crippen LogP contribution >= 0.6 is 34.5 Å². The zero-order valence-corrected chi connectivity index (χ0v) is 13.4. The van der Waals surface area contributed by atoms with Gasteiger partial charge in [0.15, 0.2) is 0 Å². The van der Waals surface area contributed by atoms with Gasteiger partial charge >= 0.3 is 0 Å². The van der Waals surface area contributed by atoms with E-state index in [1.54, 1.807) is 6.20 Å². The summed E-state index contributed by atoms with van der Waals surface area (Å²) in [4.78, 5) is 4.14. The molecule has 0 spiro atoms. The molecule has 1 aromatic heterocycles. The molecule has 2 aromatic rings. The molecule has 1 heterocycles. The highest BCUT2D eigenvalue weighted by Crippen LogP contribution is 2.32. The fourth-order valence-electron chi connectivity index (χ4n) is 1.58. The molecule has 0 aliphatic carbocycles. The van der Waals surface area contributed by atoms with Crippen LogP contribution in [0.4, 0.5) is 0 Å². The van der Waals surface area contributed by atoms with Crippen molar-refractivity contribution in [3.8, 4) is 5.75 Å². The minimum Gasteiger partial charge on any atom is -0.485 e. The van der Waals surface area contributed by atoms with Gasteiger partial charge in [-0.15, -0.1) is 11.3 Å². The second-order valence-corrected chi connectivity index (χ2v) is 7.40. The first kappa shape index (κ1) is 14.6. The van der Waals surface area contributed by atoms with Crippen LogP contribution in [0, 0.1) is 0 Å². The van der Waals surface area contributed by atoms with E-state index in [-0.39, 0.29) is 5.41 Å². The van der Waals surface area contributed by atoms with Gasteiger partial charge < -0.3 is 4.74 Å². The number of hydrogen-bond acceptors (Lipinski definition) is 3. The molecule has 2 rings (SSSR count). The number of aromatic nitrogens is 1. The van der Waals surface area contributed by atoms with Crippen molar-refractivity contribution in [2.24, 2.45) is 0 Å². The van der Waals surface area contributed by atoms with Crippen molar-refractivity contribution in [3.63, 3.8) is 0 Å². The number of halogens is 2. The lowest BCUT2D eigenvalue weighted by molar-refractivity contribution is 0.305. The molecule has 2 nitrogen and oxygen atoms in total. The van der Waals surface area contributed by atoms with E-state index in [1.807, 2.05) is 18.2 Å². The largest absolute Gasteiger partial charge is 0.485 e. The Morgan fingerprint density at radius 1 is 1.26 bits per heavy atom. The maximum Gasteiger partial charge on any atom is 0.140 e. The Morgan fingerprint density at radius 2 is 2.00 bits per heavy atom. The zero-order valence-electron chi connectivity index (χ0n) is 11.0. The third-order valence-electron chi connectivity index (χ3n) is 2.67. The number of rotatable bonds is 3. The van der Waals surface area contributed by atoms with Gasteiger partial charge in [-0.3, -0.25) is 0 Å². The molecule has 102 valence electrons. The Labute approximate surface area is 127 Å². The van der Waals surface area contributed by atoms with Gasteiger partial charge in [0.2, 0.25) is 0 Å². The highest BCUT2D eigenvalue weighted by molar-refractivity contribution is 7.15. The molecule has 0 radical (unpaired) electrons. The summed E-state index contributed by atoms with van der Waals surface area (Å²) in [5, 5.41) is 1.45. The SMILES string of the molecule is CC(C)(C)c1ccc(OCc2ncc(Cl)s2)c(Cl)c1. The van der Waals surface area contributed by atoms with E-state index in [9.17, 15) is 0 Å². The predicted octanol–water partition coefficient (Wildman–Crippen LogP) is 5.33. The van der Waals surface area contributed by atoms with Crippen LogP contribution in [0.3, 0.4) is 0 Å². The van der Waals surface area contributed by atoms with Crippen LogP contribution in [0.5, 0.6) is 5.75 Å². The van der Waals surface area contributed by atoms with Gasteiger partial charge in [0.25, 0.3) is 0 Å². The van der Waals surface area contributed by atoms with Crippen molar-refractivity contribution >= 4 is 34.5 Å². The van der Waals surface area contributed by atoms with E-state index in [0.717, 1.165) is 5.01 Å². The van der Waals surface area contributed by atoms with Crippen LogP contribution in [-0.2, 0) is 12.0 Å². The average molecular weight is 316 g/mol. The summed E-state index contributed by atoms with van der Waals surface area (Å²) >= 11 is 13.5. The van der Waals surface area contributed by atoms with E-state index < -0.39 is 0 Å². The summed E-state index contributed by atoms with van der Waals surface area (Å²) in [5.74, 6) is 0.668. The third-order valence-corrected chi connectivity index (χ3v) is 4.06. The van der Waals surface area contributed by atoms with Gasteiger partial charge in [0.1, 0.15) is 21.7 Å². The van der Waals surface area contributed by atoms with Gasteiger partial charge in [-0.05, 0) is 23.1 Å². The van der Waals surface area contributed by atoms with Crippen LogP contribution in [0.15, 0.2) is 24.4 Å². The van der Waals surface area contributed by atoms with Gasteiger partial charge in [0.05, 0.1) is 11.2 Å². The molecule has 0 unspecified atom stereocenters. The van der Waals surface area contributed by atoms with Crippen molar-refractivity contribution in [2.45, 2.75) is 32.8 Å². The van der Waals surface area contributed by atoms with E-state index in [0.29, 0.717) is 21.7 Å². The number of hydrogen-bond donors (Lipinski definition) is 0. The van der Waals surface area contributed by atoms with Gasteiger partial charge in [0, 0.05) is 0 Å². The predicted molar refractivity (Wildman–Crippen MR) is 81.6 cm³/mol. The molecule has 0 aliphatic heterocycles. The maximum atomic E-state index is 6.24. The summed E-state index contributed by atoms with van der Waals surface area (Å²) in [6.07, 6.45) is 1.62. The highest BCUT2D eigenvalue weighted by atomic mass is 35.5. The molecule has 1 aromatic carbocycles. The molecular formula is C14H15Cl2NOS. The minimum absolute atomic E-state index is 0.0744. The average Bonchev–Trinajstić information content (AvgIpc) is 2.72. The Kier molecular flexibility index (Phi) is 4.39. The van der Waals surface area contributed by atoms with Crippen molar-refractivity contribution < 1.29 is 4.74 Å². The standard InChI is InChI=1S/C14H15Cl2NOS/c1-14(2,3)9-4-5-11(10(15)6-9)18-8-13-17-7-12(16)19-13/h4-7H,8H2,1-3H3. The molecule has 0 N–H and O–H groups in total. The van der Waals surface area contributed by atoms with Crippen molar-refractivity contribution in [2.75, 3.05) is 0 Å². The van der Waals surface area contributed by atoms with Gasteiger partial charge in [-0.2, -0.15) is 0 Å². The number of benzene rings is 1. The molecule has 0 saturated heterocycles. The van der Waals surface area contributed by atoms with E-state index in [1.165, 1.54) is 16.9 Å². The lowest BCUT2D eigenvalue weighted by Crippen LogP contribution is -2.10. The Balaban J connectivity index is 2.09. The van der Waals surface area contributed by atoms with Crippen LogP contribution < -0.4 is 4.74 Å². The molecule has 0 atom stereocenters. The fraction of sp³-hybridized carbons (Fsp3) is 0.357. The topological polar surface area (TPSA) is 22.1 Å². The van der Waals surface area contributed by atoms with E-state index >= 15 is 0 Å². The normalized spacial score (nSPS) is 11.6. The third kappa shape index (κ3) is 3.85. The lowest BCUT2D eigenvalue weighted by Gasteiger charge is -2.20. The van der Waals surface area contributed by atoms with Crippen molar-refractivity contribution in [3.05, 3.63) is 44.3 Å². The first-order valence-corrected chi connectivity index (χ1v) is 7.46. The van der Waals surface area contributed by atoms with Crippen LogP contribution in [-0.4, -0.2) is 4.98 Å². The van der Waals surface area contributed by atoms with Crippen molar-refractivity contribution in [1.82, 2.24) is 4.98 Å². The molecule has 0 saturated carbocycles. The molecule has 0 bridgehead atoms. The molecule has 0 amide bonds. The summed E-state index contributed by atoms with van der Waals surface area (Å²) in [6.45, 7) is 6.83. The monoisotopic (exact) mass is 315 g/mol. The molecule has 0 aliphatic rings. The lowest BCUT2D eigenvalue weighted by atomic mass is 9.87. The van der Waals surface area contributed by atoms with E-state index in [4.69, 9.17) is 27.9 Å². The first-order chi connectivity index (χ1) is 8.86. The molecule has 0 fully saturated rings. The summed E-state index contributed by atoms with van der Waals surface area (Å²) < 4.78 is 6.32. The van der Waals surface area contributed by atoms with Crippen molar-refractivity contribution in [1.29, 1.82) is 0 Å². The number of thiazole rings is 1. The minimum atomic E-state index is 0.0744. The smallest absolute Gasteiger partial charge is 0.140 e. The molecular weight excluding hydrogens is 301 g/mol. The Hall–Kier alpha value is -0.770. The highest BCUT2D eigenvalue weighted by Gasteiger charge is 2.15. The van der Waals surface area contributed by atoms with E-state index in [2.05, 4.69) is 25.8 Å². The first-order valence-electron chi connectivity index (χ1n) is 5.89. The number of nitrogens with zero attached hydrogens (tertiary/aromatic N) is 1. The zero-order chi connectivity index (χ0) is 14.0. The van der Waals surface area contributed by atoms with Crippen LogP contribution in [0.1, 0.15) is 31.3 Å². The second-order valence-electron chi connectivity index (χ2n) is 5.24. The fourth-order valence-corrected chi connectivity index (χ4v) is 2.68. The second kappa shape index (κ2) is 5.70. The summed E-state index contributed by atoms with van der Waals surface area (Å²) in [5.41, 5.74) is 1.26. The number of ether oxygens (including phenoxy) is 1. The molecule has 5 heteroatoms. The van der Waals surface area contributed by atoms with Crippen LogP contribution in [0.25, 0.3) is 0 Å². The Morgan fingerprint density at radius 3 is 2.53 bits per heavy atom. The van der Waals surface area contributed by atoms with Gasteiger partial charge in [-0.1, -0.05) is 50.0 Å². The van der Waals surface area contributed by atoms with Crippen LogP contribution in [0.2, 0.25) is 9.36 Å². The molecule has 19 heavy (non-hydrogen) atoms. The van der Waals surface area contributed by atoms with Gasteiger partial charge in [-0.25, -0.2) is 4.98 Å².